The number of rotatable bonds is 6. The third-order valence-electron chi connectivity index (χ3n) is 3.06. The quantitative estimate of drug-likeness (QED) is 0.430. The summed E-state index contributed by atoms with van der Waals surface area (Å²) in [5, 5.41) is 22.6. The molecule has 0 aromatic heterocycles. The van der Waals surface area contributed by atoms with Crippen molar-refractivity contribution in [3.05, 3.63) is 47.5 Å². The molecule has 2 aromatic carbocycles. The number of carboxylic acid groups (broad SMARTS) is 1. The van der Waals surface area contributed by atoms with Gasteiger partial charge >= 0.3 is 5.97 Å². The minimum absolute atomic E-state index is 0.0388. The van der Waals surface area contributed by atoms with Gasteiger partial charge in [0.2, 0.25) is 0 Å². The van der Waals surface area contributed by atoms with Crippen LogP contribution in [-0.2, 0) is 0 Å². The molecule has 0 aliphatic carbocycles. The lowest BCUT2D eigenvalue weighted by Gasteiger charge is -2.12. The number of benzene rings is 2. The molecule has 0 saturated carbocycles. The number of nitrogens with one attached hydrogen (secondary N) is 1. The summed E-state index contributed by atoms with van der Waals surface area (Å²) < 4.78 is 10.2. The molecule has 2 rings (SSSR count). The number of aromatic carboxylic acids is 1. The Hall–Kier alpha value is -3.22. The van der Waals surface area contributed by atoms with Crippen LogP contribution in [0.2, 0.25) is 0 Å². The molecule has 7 heteroatoms. The first-order valence-electron chi connectivity index (χ1n) is 6.63. The first kappa shape index (κ1) is 16.2. The van der Waals surface area contributed by atoms with Crippen molar-refractivity contribution < 1.29 is 24.5 Å². The third kappa shape index (κ3) is 3.70. The van der Waals surface area contributed by atoms with Gasteiger partial charge in [-0.25, -0.2) is 4.79 Å². The number of anilines is 1. The molecule has 2 aromatic rings. The van der Waals surface area contributed by atoms with Gasteiger partial charge in [-0.05, 0) is 36.4 Å². The van der Waals surface area contributed by atoms with Crippen LogP contribution < -0.4 is 14.9 Å². The number of carboxylic acids is 1. The van der Waals surface area contributed by atoms with Crippen LogP contribution in [0.1, 0.15) is 15.9 Å². The lowest BCUT2D eigenvalue weighted by Crippen LogP contribution is -2.07. The predicted molar refractivity (Wildman–Crippen MR) is 85.8 cm³/mol. The minimum Gasteiger partial charge on any atom is -0.508 e. The Morgan fingerprint density at radius 2 is 1.83 bits per heavy atom. The molecule has 7 nitrogen and oxygen atoms in total. The second-order valence-corrected chi connectivity index (χ2v) is 4.49. The van der Waals surface area contributed by atoms with E-state index in [1.165, 1.54) is 32.6 Å². The molecule has 0 saturated heterocycles. The predicted octanol–water partition coefficient (Wildman–Crippen LogP) is 2.55. The Balaban J connectivity index is 2.30. The van der Waals surface area contributed by atoms with E-state index in [0.717, 1.165) is 0 Å². The van der Waals surface area contributed by atoms with Gasteiger partial charge < -0.3 is 19.7 Å². The van der Waals surface area contributed by atoms with Gasteiger partial charge in [0.05, 0.1) is 26.1 Å². The van der Waals surface area contributed by atoms with Gasteiger partial charge in [-0.2, -0.15) is 5.10 Å². The van der Waals surface area contributed by atoms with Gasteiger partial charge in [0.25, 0.3) is 0 Å². The second kappa shape index (κ2) is 7.17. The number of aromatic hydroxyl groups is 1. The highest BCUT2D eigenvalue weighted by atomic mass is 16.5. The number of carbonyl (C=O) groups is 1. The molecule has 0 fully saturated rings. The second-order valence-electron chi connectivity index (χ2n) is 4.49. The summed E-state index contributed by atoms with van der Waals surface area (Å²) in [5.41, 5.74) is 3.72. The number of hydrogen-bond acceptors (Lipinski definition) is 6. The maximum atomic E-state index is 11.5. The molecule has 0 radical (unpaired) electrons. The molecule has 3 N–H and O–H groups in total. The van der Waals surface area contributed by atoms with Gasteiger partial charge in [0, 0.05) is 5.56 Å². The number of hydrogen-bond donors (Lipinski definition) is 3. The van der Waals surface area contributed by atoms with E-state index in [-0.39, 0.29) is 17.1 Å². The van der Waals surface area contributed by atoms with Crippen molar-refractivity contribution in [1.82, 2.24) is 0 Å². The van der Waals surface area contributed by atoms with Crippen molar-refractivity contribution in [1.29, 1.82) is 0 Å². The van der Waals surface area contributed by atoms with Crippen molar-refractivity contribution in [2.75, 3.05) is 19.6 Å². The van der Waals surface area contributed by atoms with Crippen molar-refractivity contribution >= 4 is 17.9 Å². The third-order valence-corrected chi connectivity index (χ3v) is 3.06. The van der Waals surface area contributed by atoms with Crippen LogP contribution in [0.15, 0.2) is 41.5 Å². The van der Waals surface area contributed by atoms with Gasteiger partial charge in [-0.15, -0.1) is 0 Å². The Bertz CT molecular complexity index is 726. The largest absolute Gasteiger partial charge is 0.508 e. The molecule has 0 aliphatic rings. The molecule has 0 amide bonds. The molecule has 0 bridgehead atoms. The first-order valence-corrected chi connectivity index (χ1v) is 6.63. The minimum atomic E-state index is -1.15. The summed E-state index contributed by atoms with van der Waals surface area (Å²) in [5.74, 6) is -0.540. The smallest absolute Gasteiger partial charge is 0.340 e. The highest BCUT2D eigenvalue weighted by Gasteiger charge is 2.19. The summed E-state index contributed by atoms with van der Waals surface area (Å²) in [6, 6.07) is 9.48. The Morgan fingerprint density at radius 3 is 2.39 bits per heavy atom. The molecule has 0 unspecified atom stereocenters. The summed E-state index contributed by atoms with van der Waals surface area (Å²) in [6.07, 6.45) is 1.37. The van der Waals surface area contributed by atoms with Gasteiger partial charge in [0.15, 0.2) is 11.5 Å². The fourth-order valence-electron chi connectivity index (χ4n) is 1.98. The molecule has 120 valence electrons. The van der Waals surface area contributed by atoms with Crippen LogP contribution in [0.25, 0.3) is 0 Å². The van der Waals surface area contributed by atoms with Crippen LogP contribution in [-0.4, -0.2) is 36.6 Å². The number of phenolic OH excluding ortho intramolecular Hbond substituents is 1. The average Bonchev–Trinajstić information content (AvgIpc) is 2.55. The topological polar surface area (TPSA) is 100 Å². The van der Waals surface area contributed by atoms with E-state index in [4.69, 9.17) is 9.47 Å². The summed E-state index contributed by atoms with van der Waals surface area (Å²) >= 11 is 0. The summed E-state index contributed by atoms with van der Waals surface area (Å²) in [7, 11) is 2.81. The monoisotopic (exact) mass is 316 g/mol. The fourth-order valence-corrected chi connectivity index (χ4v) is 1.98. The van der Waals surface area contributed by atoms with Crippen LogP contribution in [0.4, 0.5) is 5.69 Å². The molecule has 0 atom stereocenters. The van der Waals surface area contributed by atoms with E-state index in [0.29, 0.717) is 17.0 Å². The van der Waals surface area contributed by atoms with Gasteiger partial charge in [-0.1, -0.05) is 0 Å². The standard InChI is InChI=1S/C16H16N2O5/c1-22-13-8-3-10(14(16(20)21)15(13)23-2)9-17-18-11-4-6-12(19)7-5-11/h3-9,18-19H,1-2H3,(H,20,21). The normalized spacial score (nSPS) is 10.5. The number of ether oxygens (including phenoxy) is 2. The fraction of sp³-hybridized carbons (Fsp3) is 0.125. The number of phenols is 1. The number of hydrazone groups is 1. The van der Waals surface area contributed by atoms with E-state index < -0.39 is 5.97 Å². The summed E-state index contributed by atoms with van der Waals surface area (Å²) in [4.78, 5) is 11.5. The Morgan fingerprint density at radius 1 is 1.13 bits per heavy atom. The van der Waals surface area contributed by atoms with E-state index in [1.807, 2.05) is 0 Å². The molecule has 0 aliphatic heterocycles. The van der Waals surface area contributed by atoms with Crippen LogP contribution in [0.5, 0.6) is 17.2 Å². The van der Waals surface area contributed by atoms with Crippen molar-refractivity contribution in [3.8, 4) is 17.2 Å². The molecule has 0 spiro atoms. The zero-order valence-corrected chi connectivity index (χ0v) is 12.6. The zero-order chi connectivity index (χ0) is 16.8. The van der Waals surface area contributed by atoms with Gasteiger partial charge in [0.1, 0.15) is 11.3 Å². The number of methoxy groups -OCH3 is 2. The SMILES string of the molecule is COc1ccc(C=NNc2ccc(O)cc2)c(C(=O)O)c1OC. The Kier molecular flexibility index (Phi) is 5.03. The highest BCUT2D eigenvalue weighted by Crippen LogP contribution is 2.32. The van der Waals surface area contributed by atoms with E-state index >= 15 is 0 Å². The maximum Gasteiger partial charge on any atom is 0.340 e. The number of nitrogens with zero attached hydrogens (tertiary/aromatic N) is 1. The lowest BCUT2D eigenvalue weighted by atomic mass is 10.1. The highest BCUT2D eigenvalue weighted by molar-refractivity contribution is 6.01. The maximum absolute atomic E-state index is 11.5. The van der Waals surface area contributed by atoms with E-state index in [2.05, 4.69) is 10.5 Å². The lowest BCUT2D eigenvalue weighted by molar-refractivity contribution is 0.0692. The van der Waals surface area contributed by atoms with Crippen molar-refractivity contribution in [2.45, 2.75) is 0 Å². The zero-order valence-electron chi connectivity index (χ0n) is 12.6. The van der Waals surface area contributed by atoms with Crippen molar-refractivity contribution in [3.63, 3.8) is 0 Å². The Labute approximate surface area is 132 Å². The van der Waals surface area contributed by atoms with Crippen LogP contribution in [0, 0.1) is 0 Å². The van der Waals surface area contributed by atoms with Crippen LogP contribution in [0.3, 0.4) is 0 Å². The molecule has 0 heterocycles. The van der Waals surface area contributed by atoms with E-state index in [9.17, 15) is 15.0 Å². The molecular formula is C16H16N2O5. The average molecular weight is 316 g/mol. The van der Waals surface area contributed by atoms with Crippen LogP contribution >= 0.6 is 0 Å². The summed E-state index contributed by atoms with van der Waals surface area (Å²) in [6.45, 7) is 0. The molecular weight excluding hydrogens is 300 g/mol. The molecule has 23 heavy (non-hydrogen) atoms. The van der Waals surface area contributed by atoms with Gasteiger partial charge in [-0.3, -0.25) is 5.43 Å². The van der Waals surface area contributed by atoms with Crippen molar-refractivity contribution in [2.24, 2.45) is 5.10 Å². The van der Waals surface area contributed by atoms with E-state index in [1.54, 1.807) is 24.3 Å². The first-order chi connectivity index (χ1) is 11.1.